The van der Waals surface area contributed by atoms with Crippen LogP contribution in [0.15, 0.2) is 48.5 Å². The third kappa shape index (κ3) is 14.7. The molecule has 2 N–H and O–H groups in total. The minimum absolute atomic E-state index is 0. The van der Waals surface area contributed by atoms with Crippen LogP contribution in [0.4, 0.5) is 0 Å². The number of benzene rings is 3. The Kier molecular flexibility index (Phi) is 25.5. The summed E-state index contributed by atoms with van der Waals surface area (Å²) in [6.45, 7) is 8.70. The Labute approximate surface area is 415 Å². The maximum atomic E-state index is 13.1. The average Bonchev–Trinajstić information content (AvgIpc) is 3.31. The van der Waals surface area contributed by atoms with Crippen molar-refractivity contribution in [2.24, 2.45) is 0 Å². The predicted molar refractivity (Wildman–Crippen MR) is 179 cm³/mol. The number of cyclic esters (lactones) is 1. The molecule has 0 fully saturated rings. The van der Waals surface area contributed by atoms with Gasteiger partial charge in [-0.25, -0.2) is 4.79 Å². The number of nitrogens with zero attached hydrogens (tertiary/aromatic N) is 2. The van der Waals surface area contributed by atoms with Crippen LogP contribution in [0.1, 0.15) is 88.8 Å². The number of carboxylic acid groups (broad SMARTS) is 4. The summed E-state index contributed by atoms with van der Waals surface area (Å²) in [5.41, 5.74) is 5.03. The summed E-state index contributed by atoms with van der Waals surface area (Å²) in [5, 5.41) is 62.8. The van der Waals surface area contributed by atoms with E-state index in [2.05, 4.69) is 0 Å². The summed E-state index contributed by atoms with van der Waals surface area (Å²) in [5.74, 6) is -5.85. The topological polar surface area (TPSA) is 234 Å². The average molecular weight is 811 g/mol. The van der Waals surface area contributed by atoms with Crippen molar-refractivity contribution in [2.75, 3.05) is 39.3 Å². The van der Waals surface area contributed by atoms with Gasteiger partial charge in [-0.15, -0.1) is 0 Å². The maximum Gasteiger partial charge on any atom is 1.00 e. The van der Waals surface area contributed by atoms with Gasteiger partial charge in [-0.05, 0) is 78.3 Å². The quantitative estimate of drug-likeness (QED) is 0.107. The van der Waals surface area contributed by atoms with Crippen LogP contribution < -0.4 is 139 Å². The van der Waals surface area contributed by atoms with Crippen molar-refractivity contribution in [3.8, 4) is 11.5 Å². The third-order valence-corrected chi connectivity index (χ3v) is 8.67. The second kappa shape index (κ2) is 25.2. The van der Waals surface area contributed by atoms with Gasteiger partial charge in [0.15, 0.2) is 5.60 Å². The standard InChI is InChI=1S/C28H30O4.C10H16N2O8.4Na/c1-15(2)20-13-23(17(5)11-25(20)29)28(22-10-8-7-9-19(22)27(31)32-28)24-14-21(16(3)4)26(30)12-18(24)6;13-7(14)3-11(4-8(15)16)1-2-12(5-9(17)18)6-10(19)20;;;;/h7-16,29-30H,1-6H3;1-6H2,(H,13,14)(H,15,16)(H,17,18)(H,19,20);;;;/q;;4*+1/p-4. The number of hydrogen-bond donors (Lipinski definition) is 2. The van der Waals surface area contributed by atoms with E-state index in [9.17, 15) is 54.6 Å². The number of rotatable bonds is 15. The van der Waals surface area contributed by atoms with Crippen molar-refractivity contribution in [2.45, 2.75) is 59.0 Å². The first kappa shape index (κ1) is 56.6. The van der Waals surface area contributed by atoms with Gasteiger partial charge in [0, 0.05) is 56.0 Å². The maximum absolute atomic E-state index is 13.1. The van der Waals surface area contributed by atoms with E-state index >= 15 is 0 Å². The van der Waals surface area contributed by atoms with Crippen molar-refractivity contribution in [1.29, 1.82) is 0 Å². The number of ether oxygens (including phenoxy) is 1. The van der Waals surface area contributed by atoms with Crippen LogP contribution >= 0.6 is 0 Å². The van der Waals surface area contributed by atoms with Crippen LogP contribution in [0.25, 0.3) is 0 Å². The summed E-state index contributed by atoms with van der Waals surface area (Å²) in [7, 11) is 0. The van der Waals surface area contributed by atoms with Gasteiger partial charge in [0.1, 0.15) is 11.5 Å². The summed E-state index contributed by atoms with van der Waals surface area (Å²) in [6.07, 6.45) is 0. The number of carbonyl (C=O) groups excluding carboxylic acids is 5. The molecule has 0 aliphatic carbocycles. The number of aryl methyl sites for hydroxylation is 2. The van der Waals surface area contributed by atoms with Crippen molar-refractivity contribution in [1.82, 2.24) is 9.80 Å². The Bertz CT molecular complexity index is 1720. The van der Waals surface area contributed by atoms with Gasteiger partial charge in [-0.3, -0.25) is 9.80 Å². The predicted octanol–water partition coefficient (Wildman–Crippen LogP) is -13.0. The fraction of sp³-hybridized carbons (Fsp3) is 0.395. The fourth-order valence-electron chi connectivity index (χ4n) is 6.31. The van der Waals surface area contributed by atoms with Crippen LogP contribution in [0.5, 0.6) is 11.5 Å². The largest absolute Gasteiger partial charge is 1.00 e. The Balaban J connectivity index is 0. The smallest absolute Gasteiger partial charge is 0.549 e. The molecule has 0 atom stereocenters. The van der Waals surface area contributed by atoms with E-state index in [0.717, 1.165) is 48.7 Å². The van der Waals surface area contributed by atoms with E-state index in [4.69, 9.17) is 4.74 Å². The number of phenolic OH excluding ortho intramolecular Hbond substituents is 2. The molecule has 1 heterocycles. The molecule has 280 valence electrons. The molecule has 0 saturated carbocycles. The molecule has 3 aromatic rings. The van der Waals surface area contributed by atoms with Crippen molar-refractivity contribution >= 4 is 29.8 Å². The molecule has 1 aliphatic heterocycles. The molecular formula is C38H42N2Na4O12. The molecule has 4 rings (SSSR count). The first-order valence-electron chi connectivity index (χ1n) is 16.5. The van der Waals surface area contributed by atoms with Crippen molar-refractivity contribution in [3.63, 3.8) is 0 Å². The van der Waals surface area contributed by atoms with Gasteiger partial charge < -0.3 is 54.6 Å². The van der Waals surface area contributed by atoms with E-state index in [1.165, 1.54) is 0 Å². The second-order valence-corrected chi connectivity index (χ2v) is 13.3. The zero-order valence-corrected chi connectivity index (χ0v) is 41.9. The number of fused-ring (bicyclic) bond motifs is 1. The molecule has 3 aromatic carbocycles. The van der Waals surface area contributed by atoms with Crippen LogP contribution in [-0.2, 0) is 29.5 Å². The minimum atomic E-state index is -1.53. The zero-order chi connectivity index (χ0) is 39.1. The number of esters is 1. The number of hydrogen-bond acceptors (Lipinski definition) is 14. The second-order valence-electron chi connectivity index (χ2n) is 13.3. The number of phenols is 2. The Hall–Kier alpha value is -1.47. The van der Waals surface area contributed by atoms with Gasteiger partial charge in [-0.1, -0.05) is 45.9 Å². The van der Waals surface area contributed by atoms with E-state index in [0.29, 0.717) is 5.56 Å². The summed E-state index contributed by atoms with van der Waals surface area (Å²) < 4.78 is 6.30. The van der Waals surface area contributed by atoms with Crippen LogP contribution in [0, 0.1) is 13.8 Å². The molecule has 0 radical (unpaired) electrons. The van der Waals surface area contributed by atoms with E-state index in [1.807, 2.05) is 71.9 Å². The number of aliphatic carboxylic acids is 4. The number of carbonyl (C=O) groups is 5. The van der Waals surface area contributed by atoms with Gasteiger partial charge in [-0.2, -0.15) is 0 Å². The van der Waals surface area contributed by atoms with Gasteiger partial charge >= 0.3 is 124 Å². The molecule has 0 aromatic heterocycles. The molecular weight excluding hydrogens is 768 g/mol. The van der Waals surface area contributed by atoms with Gasteiger partial charge in [0.05, 0.1) is 29.4 Å². The SMILES string of the molecule is Cc1cc(O)c(C(C)C)cc1C1(c2cc(C(C)C)c(O)cc2C)OC(=O)c2ccccc21.O=C([O-])CN(CCN(CC(=O)[O-])CC(=O)[O-])CC(=O)[O-].[Na+].[Na+].[Na+].[Na+]. The molecule has 0 unspecified atom stereocenters. The van der Waals surface area contributed by atoms with Crippen molar-refractivity contribution in [3.05, 3.63) is 93.0 Å². The van der Waals surface area contributed by atoms with Crippen LogP contribution in [-0.4, -0.2) is 89.1 Å². The van der Waals surface area contributed by atoms with Crippen LogP contribution in [0.2, 0.25) is 0 Å². The number of aromatic hydroxyl groups is 2. The van der Waals surface area contributed by atoms with Gasteiger partial charge in [0.25, 0.3) is 0 Å². The zero-order valence-electron chi connectivity index (χ0n) is 33.9. The molecule has 18 heteroatoms. The van der Waals surface area contributed by atoms with Crippen molar-refractivity contribution < 1.29 is 178 Å². The first-order chi connectivity index (χ1) is 24.3. The normalized spacial score (nSPS) is 12.2. The van der Waals surface area contributed by atoms with Crippen LogP contribution in [0.3, 0.4) is 0 Å². The summed E-state index contributed by atoms with van der Waals surface area (Å²) >= 11 is 0. The third-order valence-electron chi connectivity index (χ3n) is 8.67. The monoisotopic (exact) mass is 810 g/mol. The summed E-state index contributed by atoms with van der Waals surface area (Å²) in [6, 6.07) is 14.9. The molecule has 0 bridgehead atoms. The van der Waals surface area contributed by atoms with E-state index in [1.54, 1.807) is 18.2 Å². The summed E-state index contributed by atoms with van der Waals surface area (Å²) in [4.78, 5) is 56.5. The molecule has 1 aliphatic rings. The molecule has 0 amide bonds. The first-order valence-corrected chi connectivity index (χ1v) is 16.5. The number of carboxylic acids is 4. The Morgan fingerprint density at radius 2 is 0.964 bits per heavy atom. The molecule has 14 nitrogen and oxygen atoms in total. The van der Waals surface area contributed by atoms with E-state index < -0.39 is 55.7 Å². The molecule has 0 spiro atoms. The molecule has 0 saturated heterocycles. The molecule has 56 heavy (non-hydrogen) atoms. The minimum Gasteiger partial charge on any atom is -0.549 e. The fourth-order valence-corrected chi connectivity index (χ4v) is 6.31. The Morgan fingerprint density at radius 3 is 1.29 bits per heavy atom. The van der Waals surface area contributed by atoms with Gasteiger partial charge in [0.2, 0.25) is 0 Å². The van der Waals surface area contributed by atoms with E-state index in [-0.39, 0.29) is 161 Å². The Morgan fingerprint density at radius 1 is 0.625 bits per heavy atom.